The molecule has 13 heteroatoms. The Hall–Kier alpha value is -0.580. The maximum atomic E-state index is 11.8. The van der Waals surface area contributed by atoms with Gasteiger partial charge in [-0.05, 0) is 39.5 Å². The summed E-state index contributed by atoms with van der Waals surface area (Å²) in [5.74, 6) is -0.172. The van der Waals surface area contributed by atoms with Crippen LogP contribution in [0.15, 0.2) is 0 Å². The maximum absolute atomic E-state index is 11.8. The largest absolute Gasteiger partial charge is 0.480 e. The van der Waals surface area contributed by atoms with Gasteiger partial charge in [0.1, 0.15) is 18.2 Å². The average Bonchev–Trinajstić information content (AvgIpc) is 2.90. The number of aliphatic hydroxyl groups is 4. The lowest BCUT2D eigenvalue weighted by Gasteiger charge is -2.43. The van der Waals surface area contributed by atoms with E-state index < -0.39 is 61.2 Å². The molecule has 0 spiro atoms. The molecule has 228 valence electrons. The maximum Gasteiger partial charge on any atom is 0.321 e. The molecule has 39 heavy (non-hydrogen) atoms. The number of carboxylic acid groups (broad SMARTS) is 1. The van der Waals surface area contributed by atoms with Crippen molar-refractivity contribution in [1.82, 2.24) is 5.32 Å². The minimum absolute atomic E-state index is 0.0953. The van der Waals surface area contributed by atoms with Gasteiger partial charge in [-0.25, -0.2) is 0 Å². The molecule has 10 atom stereocenters. The molecular formula is C26H47NO11S. The highest BCUT2D eigenvalue weighted by molar-refractivity contribution is 7.99. The number of rotatable bonds is 14. The van der Waals surface area contributed by atoms with Gasteiger partial charge in [0, 0.05) is 29.9 Å². The Morgan fingerprint density at radius 1 is 1.08 bits per heavy atom. The predicted molar refractivity (Wildman–Crippen MR) is 142 cm³/mol. The van der Waals surface area contributed by atoms with Gasteiger partial charge in [0.05, 0.1) is 50.3 Å². The van der Waals surface area contributed by atoms with Crippen molar-refractivity contribution in [3.63, 3.8) is 0 Å². The van der Waals surface area contributed by atoms with Crippen molar-refractivity contribution in [2.45, 2.75) is 126 Å². The van der Waals surface area contributed by atoms with E-state index in [1.165, 1.54) is 11.8 Å². The van der Waals surface area contributed by atoms with Crippen LogP contribution < -0.4 is 5.32 Å². The highest BCUT2D eigenvalue weighted by atomic mass is 32.2. The number of nitrogens with one attached hydrogen (secondary N) is 1. The average molecular weight is 582 g/mol. The fraction of sp³-hybridized carbons (Fsp3) is 0.962. The van der Waals surface area contributed by atoms with Crippen LogP contribution in [0, 0.1) is 0 Å². The molecule has 3 saturated heterocycles. The minimum Gasteiger partial charge on any atom is -0.480 e. The number of carbonyl (C=O) groups is 1. The molecule has 0 saturated carbocycles. The Labute approximate surface area is 234 Å². The van der Waals surface area contributed by atoms with Gasteiger partial charge in [-0.15, -0.1) is 0 Å². The molecule has 3 heterocycles. The summed E-state index contributed by atoms with van der Waals surface area (Å²) in [6.45, 7) is 5.60. The fourth-order valence-corrected chi connectivity index (χ4v) is 6.06. The van der Waals surface area contributed by atoms with E-state index in [9.17, 15) is 30.3 Å². The fourth-order valence-electron chi connectivity index (χ4n) is 4.92. The van der Waals surface area contributed by atoms with Crippen molar-refractivity contribution in [1.29, 1.82) is 0 Å². The minimum atomic E-state index is -1.07. The van der Waals surface area contributed by atoms with E-state index >= 15 is 0 Å². The first-order valence-electron chi connectivity index (χ1n) is 13.9. The Morgan fingerprint density at radius 2 is 1.82 bits per heavy atom. The van der Waals surface area contributed by atoms with Crippen LogP contribution >= 0.6 is 11.8 Å². The first kappa shape index (κ1) is 32.9. The SMILES string of the molecule is CCC(C)(C)N[C@H](CSCC1OC[C@@H](O)C[C@@H]1O[C@@H]1OC(CO)[C@@H](O[C@H]2CCCC(CO)O2)C[C@@H]1O)C(=O)O. The van der Waals surface area contributed by atoms with Gasteiger partial charge >= 0.3 is 5.97 Å². The van der Waals surface area contributed by atoms with Gasteiger partial charge < -0.3 is 49.2 Å². The van der Waals surface area contributed by atoms with Crippen LogP contribution in [0.25, 0.3) is 0 Å². The van der Waals surface area contributed by atoms with E-state index in [4.69, 9.17) is 23.7 Å². The van der Waals surface area contributed by atoms with Crippen molar-refractivity contribution < 1.29 is 54.0 Å². The van der Waals surface area contributed by atoms with E-state index in [2.05, 4.69) is 5.32 Å². The van der Waals surface area contributed by atoms with Crippen LogP contribution in [0.2, 0.25) is 0 Å². The van der Waals surface area contributed by atoms with Crippen molar-refractivity contribution in [3.05, 3.63) is 0 Å². The van der Waals surface area contributed by atoms with E-state index in [0.717, 1.165) is 19.3 Å². The summed E-state index contributed by atoms with van der Waals surface area (Å²) in [7, 11) is 0. The lowest BCUT2D eigenvalue weighted by atomic mass is 10.0. The Morgan fingerprint density at radius 3 is 2.49 bits per heavy atom. The predicted octanol–water partition coefficient (Wildman–Crippen LogP) is 0.227. The standard InChI is InChI=1S/C26H47NO11S/c1-4-26(2,3)27-17(24(32)33)13-39-14-22-19(8-15(30)12-34-22)37-25-18(31)9-20(21(11-29)38-25)36-23-7-5-6-16(10-28)35-23/h15-23,25,27-31H,4-14H2,1-3H3,(H,32,33)/t15-,16?,17+,18-,19-,20-,21?,22?,23-,25+/m0/s1. The number of carboxylic acids is 1. The summed E-state index contributed by atoms with van der Waals surface area (Å²) >= 11 is 1.42. The molecular weight excluding hydrogens is 534 g/mol. The smallest absolute Gasteiger partial charge is 0.321 e. The molecule has 12 nitrogen and oxygen atoms in total. The Balaban J connectivity index is 1.55. The van der Waals surface area contributed by atoms with E-state index in [1.807, 2.05) is 20.8 Å². The third-order valence-electron chi connectivity index (χ3n) is 7.58. The monoisotopic (exact) mass is 581 g/mol. The van der Waals surface area contributed by atoms with Crippen LogP contribution in [0.3, 0.4) is 0 Å². The summed E-state index contributed by atoms with van der Waals surface area (Å²) in [6.07, 6.45) is -2.74. The Bertz CT molecular complexity index is 747. The molecule has 0 bridgehead atoms. The molecule has 0 radical (unpaired) electrons. The molecule has 3 fully saturated rings. The van der Waals surface area contributed by atoms with Gasteiger partial charge in [-0.1, -0.05) is 6.92 Å². The first-order chi connectivity index (χ1) is 18.5. The highest BCUT2D eigenvalue weighted by Crippen LogP contribution is 2.31. The molecule has 0 aliphatic carbocycles. The summed E-state index contributed by atoms with van der Waals surface area (Å²) in [6, 6.07) is -0.731. The summed E-state index contributed by atoms with van der Waals surface area (Å²) in [5, 5.41) is 53.2. The van der Waals surface area contributed by atoms with Crippen molar-refractivity contribution in [3.8, 4) is 0 Å². The highest BCUT2D eigenvalue weighted by Gasteiger charge is 2.43. The zero-order valence-corrected chi connectivity index (χ0v) is 24.0. The van der Waals surface area contributed by atoms with Crippen LogP contribution in [0.4, 0.5) is 0 Å². The zero-order chi connectivity index (χ0) is 28.6. The number of hydrogen-bond donors (Lipinski definition) is 6. The van der Waals surface area contributed by atoms with Gasteiger partial charge in [0.2, 0.25) is 0 Å². The second-order valence-electron chi connectivity index (χ2n) is 11.3. The van der Waals surface area contributed by atoms with Gasteiger partial charge in [-0.2, -0.15) is 11.8 Å². The second kappa shape index (κ2) is 15.6. The molecule has 3 aliphatic heterocycles. The van der Waals surface area contributed by atoms with Crippen molar-refractivity contribution in [2.24, 2.45) is 0 Å². The van der Waals surface area contributed by atoms with Crippen molar-refractivity contribution in [2.75, 3.05) is 31.3 Å². The lowest BCUT2D eigenvalue weighted by molar-refractivity contribution is -0.323. The van der Waals surface area contributed by atoms with Gasteiger partial charge in [0.25, 0.3) is 0 Å². The van der Waals surface area contributed by atoms with E-state index in [1.54, 1.807) is 0 Å². The van der Waals surface area contributed by atoms with E-state index in [0.29, 0.717) is 17.9 Å². The molecule has 3 aliphatic rings. The van der Waals surface area contributed by atoms with Gasteiger partial charge in [-0.3, -0.25) is 10.1 Å². The lowest BCUT2D eigenvalue weighted by Crippen LogP contribution is -2.55. The number of aliphatic carboxylic acids is 1. The molecule has 0 aromatic heterocycles. The van der Waals surface area contributed by atoms with Crippen LogP contribution in [0.5, 0.6) is 0 Å². The molecule has 0 aromatic rings. The Kier molecular flexibility index (Phi) is 13.2. The zero-order valence-electron chi connectivity index (χ0n) is 23.1. The second-order valence-corrected chi connectivity index (χ2v) is 12.3. The number of ether oxygens (including phenoxy) is 5. The number of aliphatic hydroxyl groups excluding tert-OH is 4. The summed E-state index contributed by atoms with van der Waals surface area (Å²) in [5.41, 5.74) is -0.316. The number of thioether (sulfide) groups is 1. The van der Waals surface area contributed by atoms with Gasteiger partial charge in [0.15, 0.2) is 12.6 Å². The van der Waals surface area contributed by atoms with Crippen LogP contribution in [0.1, 0.15) is 59.3 Å². The molecule has 0 amide bonds. The van der Waals surface area contributed by atoms with Crippen LogP contribution in [-0.4, -0.2) is 130 Å². The third-order valence-corrected chi connectivity index (χ3v) is 8.71. The summed E-state index contributed by atoms with van der Waals surface area (Å²) < 4.78 is 29.6. The van der Waals surface area contributed by atoms with E-state index in [-0.39, 0.29) is 44.3 Å². The molecule has 0 aromatic carbocycles. The normalized spacial score (nSPS) is 36.9. The first-order valence-corrected chi connectivity index (χ1v) is 15.1. The quantitative estimate of drug-likeness (QED) is 0.164. The summed E-state index contributed by atoms with van der Waals surface area (Å²) in [4.78, 5) is 11.8. The molecule has 6 N–H and O–H groups in total. The number of hydrogen-bond acceptors (Lipinski definition) is 12. The van der Waals surface area contributed by atoms with Crippen molar-refractivity contribution >= 4 is 17.7 Å². The third kappa shape index (κ3) is 10.0. The topological polar surface area (TPSA) is 176 Å². The molecule has 3 rings (SSSR count). The van der Waals surface area contributed by atoms with Crippen LogP contribution in [-0.2, 0) is 28.5 Å². The molecule has 3 unspecified atom stereocenters.